The molecule has 0 aromatic heterocycles. The molecule has 0 unspecified atom stereocenters. The molecule has 6 rings (SSSR count). The Labute approximate surface area is 286 Å². The van der Waals surface area contributed by atoms with Crippen molar-refractivity contribution in [2.45, 2.75) is 0 Å². The first-order valence-corrected chi connectivity index (χ1v) is 16.7. The molecule has 0 saturated heterocycles. The van der Waals surface area contributed by atoms with Gasteiger partial charge in [-0.2, -0.15) is 4.57 Å². The number of hydrogen-bond acceptors (Lipinski definition) is 7. The zero-order chi connectivity index (χ0) is 32.6. The van der Waals surface area contributed by atoms with E-state index < -0.39 is 7.82 Å². The van der Waals surface area contributed by atoms with Crippen LogP contribution in [0.1, 0.15) is 0 Å². The zero-order valence-corrected chi connectivity index (χ0v) is 27.5. The Bertz CT molecular complexity index is 1720. The molecule has 0 amide bonds. The quantitative estimate of drug-likeness (QED) is 0.117. The Kier molecular flexibility index (Phi) is 10.1. The van der Waals surface area contributed by atoms with Crippen molar-refractivity contribution >= 4 is 42.6 Å². The third kappa shape index (κ3) is 9.38. The highest BCUT2D eigenvalue weighted by molar-refractivity contribution is 7.49. The van der Waals surface area contributed by atoms with Crippen LogP contribution in [0.3, 0.4) is 0 Å². The van der Waals surface area contributed by atoms with Crippen molar-refractivity contribution in [3.05, 3.63) is 161 Å². The molecule has 0 saturated carbocycles. The molecule has 0 bridgehead atoms. The Balaban J connectivity index is 1.18. The summed E-state index contributed by atoms with van der Waals surface area (Å²) in [6, 6.07) is 40.4. The van der Waals surface area contributed by atoms with Crippen molar-refractivity contribution in [3.8, 4) is 51.7 Å². The van der Waals surface area contributed by atoms with E-state index in [0.29, 0.717) is 49.6 Å². The van der Waals surface area contributed by atoms with Gasteiger partial charge in [-0.05, 0) is 146 Å². The normalized spacial score (nSPS) is 11.0. The summed E-state index contributed by atoms with van der Waals surface area (Å²) in [6.45, 7) is 0. The summed E-state index contributed by atoms with van der Waals surface area (Å²) >= 11 is 17.9. The third-order valence-electron chi connectivity index (χ3n) is 6.27. The van der Waals surface area contributed by atoms with Crippen LogP contribution < -0.4 is 27.8 Å². The zero-order valence-electron chi connectivity index (χ0n) is 24.3. The third-order valence-corrected chi connectivity index (χ3v) is 8.33. The van der Waals surface area contributed by atoms with Gasteiger partial charge >= 0.3 is 7.82 Å². The number of hydrogen-bond donors (Lipinski definition) is 0. The standard InChI is InChI=1S/C36H24Cl3O7P/c37-25-1-7-28(8-2-25)41-31-13-19-34(20-14-31)44-47(40,45-35-21-15-32(16-22-35)42-29-9-3-26(38)4-10-29)46-36-23-17-33(18-24-36)43-30-11-5-27(39)6-12-30/h1-24H. The number of ether oxygens (including phenoxy) is 3. The van der Waals surface area contributed by atoms with E-state index in [2.05, 4.69) is 0 Å². The molecule has 0 fully saturated rings. The van der Waals surface area contributed by atoms with Gasteiger partial charge in [0, 0.05) is 15.1 Å². The van der Waals surface area contributed by atoms with Crippen LogP contribution in [0.5, 0.6) is 51.7 Å². The fourth-order valence-electron chi connectivity index (χ4n) is 4.06. The highest BCUT2D eigenvalue weighted by atomic mass is 35.5. The first-order valence-electron chi connectivity index (χ1n) is 14.1. The summed E-state index contributed by atoms with van der Waals surface area (Å²) in [7, 11) is -4.31. The van der Waals surface area contributed by atoms with Gasteiger partial charge < -0.3 is 27.8 Å². The van der Waals surface area contributed by atoms with Crippen molar-refractivity contribution in [1.29, 1.82) is 0 Å². The molecule has 0 N–H and O–H groups in total. The topological polar surface area (TPSA) is 72.5 Å². The van der Waals surface area contributed by atoms with Gasteiger partial charge in [0.2, 0.25) is 0 Å². The largest absolute Gasteiger partial charge is 0.647 e. The summed E-state index contributed by atoms with van der Waals surface area (Å²) in [4.78, 5) is 0. The Morgan fingerprint density at radius 1 is 0.298 bits per heavy atom. The lowest BCUT2D eigenvalue weighted by Gasteiger charge is -2.20. The van der Waals surface area contributed by atoms with Crippen LogP contribution in [0.15, 0.2) is 146 Å². The Morgan fingerprint density at radius 2 is 0.468 bits per heavy atom. The Morgan fingerprint density at radius 3 is 0.681 bits per heavy atom. The van der Waals surface area contributed by atoms with Crippen LogP contribution in [-0.4, -0.2) is 0 Å². The van der Waals surface area contributed by atoms with E-state index in [4.69, 9.17) is 62.6 Å². The van der Waals surface area contributed by atoms with Gasteiger partial charge in [-0.25, -0.2) is 0 Å². The molecule has 11 heteroatoms. The van der Waals surface area contributed by atoms with E-state index in [-0.39, 0.29) is 17.2 Å². The molecule has 0 aliphatic carbocycles. The summed E-state index contributed by atoms with van der Waals surface area (Å²) < 4.78 is 49.3. The summed E-state index contributed by atoms with van der Waals surface area (Å²) in [5, 5.41) is 1.80. The van der Waals surface area contributed by atoms with Crippen LogP contribution in [0.25, 0.3) is 0 Å². The van der Waals surface area contributed by atoms with Gasteiger partial charge in [0.15, 0.2) is 0 Å². The van der Waals surface area contributed by atoms with E-state index in [0.717, 1.165) is 0 Å². The number of phosphoric acid groups is 1. The minimum atomic E-state index is -4.31. The van der Waals surface area contributed by atoms with Crippen LogP contribution in [0.2, 0.25) is 15.1 Å². The monoisotopic (exact) mass is 704 g/mol. The van der Waals surface area contributed by atoms with Crippen molar-refractivity contribution in [3.63, 3.8) is 0 Å². The SMILES string of the molecule is O=P(Oc1ccc(Oc2ccc(Cl)cc2)cc1)(Oc1ccc(Oc2ccc(Cl)cc2)cc1)Oc1ccc(Oc2ccc(Cl)cc2)cc1. The predicted octanol–water partition coefficient (Wildman–Crippen LogP) is 12.7. The first-order chi connectivity index (χ1) is 22.8. The molecule has 47 heavy (non-hydrogen) atoms. The fraction of sp³-hybridized carbons (Fsp3) is 0. The lowest BCUT2D eigenvalue weighted by atomic mass is 10.3. The van der Waals surface area contributed by atoms with Crippen LogP contribution >= 0.6 is 42.6 Å². The maximum Gasteiger partial charge on any atom is 0.647 e. The van der Waals surface area contributed by atoms with Gasteiger partial charge in [-0.15, -0.1) is 0 Å². The minimum absolute atomic E-state index is 0.224. The van der Waals surface area contributed by atoms with E-state index in [1.54, 1.807) is 146 Å². The highest BCUT2D eigenvalue weighted by Crippen LogP contribution is 2.50. The molecule has 7 nitrogen and oxygen atoms in total. The average molecular weight is 706 g/mol. The molecular weight excluding hydrogens is 682 g/mol. The van der Waals surface area contributed by atoms with Gasteiger partial charge in [0.1, 0.15) is 51.7 Å². The van der Waals surface area contributed by atoms with E-state index in [9.17, 15) is 4.57 Å². The first kappa shape index (κ1) is 32.2. The van der Waals surface area contributed by atoms with Crippen molar-refractivity contribution in [2.24, 2.45) is 0 Å². The molecule has 0 heterocycles. The van der Waals surface area contributed by atoms with E-state index in [1.807, 2.05) is 0 Å². The second kappa shape index (κ2) is 14.8. The molecule has 236 valence electrons. The highest BCUT2D eigenvalue weighted by Gasteiger charge is 2.33. The number of benzene rings is 6. The molecule has 0 spiro atoms. The molecule has 0 radical (unpaired) electrons. The van der Waals surface area contributed by atoms with Gasteiger partial charge in [-0.3, -0.25) is 0 Å². The van der Waals surface area contributed by atoms with Crippen molar-refractivity contribution in [1.82, 2.24) is 0 Å². The van der Waals surface area contributed by atoms with Gasteiger partial charge in [0.05, 0.1) is 0 Å². The lowest BCUT2D eigenvalue weighted by molar-refractivity contribution is 0.298. The maximum atomic E-state index is 14.1. The average Bonchev–Trinajstić information content (AvgIpc) is 3.07. The minimum Gasteiger partial charge on any atom is -0.457 e. The van der Waals surface area contributed by atoms with Crippen molar-refractivity contribution < 1.29 is 32.3 Å². The number of phosphoric ester groups is 1. The molecule has 6 aromatic rings. The van der Waals surface area contributed by atoms with Crippen LogP contribution in [0, 0.1) is 0 Å². The second-order valence-corrected chi connectivity index (χ2v) is 12.6. The van der Waals surface area contributed by atoms with Gasteiger partial charge in [0.25, 0.3) is 0 Å². The smallest absolute Gasteiger partial charge is 0.457 e. The summed E-state index contributed by atoms with van der Waals surface area (Å²) in [5.41, 5.74) is 0. The molecule has 0 aliphatic heterocycles. The predicted molar refractivity (Wildman–Crippen MR) is 183 cm³/mol. The number of halogens is 3. The van der Waals surface area contributed by atoms with Gasteiger partial charge in [-0.1, -0.05) is 34.8 Å². The van der Waals surface area contributed by atoms with Crippen molar-refractivity contribution in [2.75, 3.05) is 0 Å². The summed E-state index contributed by atoms with van der Waals surface area (Å²) in [5.74, 6) is 4.08. The molecular formula is C36H24Cl3O7P. The van der Waals surface area contributed by atoms with Crippen LogP contribution in [-0.2, 0) is 4.57 Å². The second-order valence-electron chi connectivity index (χ2n) is 9.80. The molecule has 0 atom stereocenters. The fourth-order valence-corrected chi connectivity index (χ4v) is 5.69. The molecule has 0 aliphatic rings. The van der Waals surface area contributed by atoms with Crippen LogP contribution in [0.4, 0.5) is 0 Å². The maximum absolute atomic E-state index is 14.1. The lowest BCUT2D eigenvalue weighted by Crippen LogP contribution is -2.07. The van der Waals surface area contributed by atoms with E-state index in [1.165, 1.54) is 0 Å². The number of rotatable bonds is 12. The molecule has 6 aromatic carbocycles. The summed E-state index contributed by atoms with van der Waals surface area (Å²) in [6.07, 6.45) is 0. The Hall–Kier alpha value is -4.78. The van der Waals surface area contributed by atoms with E-state index >= 15 is 0 Å².